The molecule has 1 aromatic rings. The molecule has 0 spiro atoms. The van der Waals surface area contributed by atoms with Crippen LogP contribution >= 0.6 is 0 Å². The van der Waals surface area contributed by atoms with Gasteiger partial charge in [-0.3, -0.25) is 4.57 Å². The summed E-state index contributed by atoms with van der Waals surface area (Å²) in [6.07, 6.45) is 2.22. The van der Waals surface area contributed by atoms with E-state index in [1.54, 1.807) is 11.9 Å². The van der Waals surface area contributed by atoms with Gasteiger partial charge in [0.2, 0.25) is 0 Å². The van der Waals surface area contributed by atoms with E-state index in [0.29, 0.717) is 36.2 Å². The summed E-state index contributed by atoms with van der Waals surface area (Å²) in [5.41, 5.74) is 1.31. The lowest BCUT2D eigenvalue weighted by molar-refractivity contribution is -0.0376. The number of carbonyl (C=O) groups is 1. The minimum Gasteiger partial charge on any atom is -0.332 e. The fourth-order valence-corrected chi connectivity index (χ4v) is 4.65. The molecule has 130 valence electrons. The second kappa shape index (κ2) is 4.97. The molecule has 1 aromatic heterocycles. The van der Waals surface area contributed by atoms with Crippen molar-refractivity contribution in [2.24, 2.45) is 24.3 Å². The lowest BCUT2D eigenvalue weighted by Gasteiger charge is -2.60. The van der Waals surface area contributed by atoms with Crippen LogP contribution in [0, 0.1) is 17.3 Å². The van der Waals surface area contributed by atoms with Crippen LogP contribution in [0.1, 0.15) is 38.4 Å². The number of rotatable bonds is 2. The van der Waals surface area contributed by atoms with Gasteiger partial charge in [0.25, 0.3) is 0 Å². The second-order valence-electron chi connectivity index (χ2n) is 8.17. The largest absolute Gasteiger partial charge is 0.343 e. The molecule has 4 fully saturated rings. The minimum absolute atomic E-state index is 0.0305. The molecular weight excluding hydrogens is 306 g/mol. The number of amides is 2. The zero-order valence-corrected chi connectivity index (χ0v) is 14.5. The molecule has 2 N–H and O–H groups in total. The Morgan fingerprint density at radius 3 is 2.62 bits per heavy atom. The Morgan fingerprint density at radius 1 is 1.38 bits per heavy atom. The SMILES string of the molecule is C=C1C(NC(=O)N2CC(c3n[nH]c(=O)n3C)C2)C[C@H]2C[C@@H]1C2(C)C. The molecule has 7 nitrogen and oxygen atoms in total. The van der Waals surface area contributed by atoms with Crippen LogP contribution in [0.25, 0.3) is 0 Å². The number of nitrogens with one attached hydrogen (secondary N) is 2. The standard InChI is InChI=1S/C17H25N5O2/c1-9-12-5-11(17(12,2)3)6-13(9)18-15(23)22-7-10(8-22)14-19-20-16(24)21(14)4/h10-13H,1,5-8H2,2-4H3,(H,18,23)(H,20,24)/t11-,12+,13?/m1/s1. The summed E-state index contributed by atoms with van der Waals surface area (Å²) in [5, 5.41) is 9.64. The number of aromatic amines is 1. The van der Waals surface area contributed by atoms with E-state index in [0.717, 1.165) is 6.42 Å². The first-order chi connectivity index (χ1) is 11.3. The molecule has 3 atom stereocenters. The average Bonchev–Trinajstić information content (AvgIpc) is 2.79. The monoisotopic (exact) mass is 331 g/mol. The highest BCUT2D eigenvalue weighted by molar-refractivity contribution is 5.76. The maximum absolute atomic E-state index is 12.5. The second-order valence-corrected chi connectivity index (χ2v) is 8.17. The lowest BCUT2D eigenvalue weighted by atomic mass is 9.46. The van der Waals surface area contributed by atoms with Gasteiger partial charge >= 0.3 is 11.7 Å². The van der Waals surface area contributed by atoms with Gasteiger partial charge in [0.05, 0.1) is 12.0 Å². The van der Waals surface area contributed by atoms with Gasteiger partial charge in [-0.25, -0.2) is 14.7 Å². The fraction of sp³-hybridized carbons (Fsp3) is 0.706. The molecule has 1 aliphatic heterocycles. The highest BCUT2D eigenvalue weighted by Gasteiger charge is 2.55. The predicted molar refractivity (Wildman–Crippen MR) is 89.6 cm³/mol. The number of hydrogen-bond acceptors (Lipinski definition) is 3. The minimum atomic E-state index is -0.215. The Kier molecular flexibility index (Phi) is 3.21. The number of nitrogens with zero attached hydrogens (tertiary/aromatic N) is 3. The molecule has 24 heavy (non-hydrogen) atoms. The number of carbonyl (C=O) groups excluding carboxylic acids is 1. The molecule has 1 saturated heterocycles. The number of urea groups is 1. The predicted octanol–water partition coefficient (Wildman–Crippen LogP) is 1.21. The van der Waals surface area contributed by atoms with E-state index in [9.17, 15) is 9.59 Å². The van der Waals surface area contributed by atoms with Crippen molar-refractivity contribution in [3.8, 4) is 0 Å². The normalized spacial score (nSPS) is 31.4. The maximum Gasteiger partial charge on any atom is 0.343 e. The Labute approximate surface area is 141 Å². The van der Waals surface area contributed by atoms with Gasteiger partial charge in [-0.15, -0.1) is 0 Å². The Balaban J connectivity index is 1.33. The quantitative estimate of drug-likeness (QED) is 0.799. The van der Waals surface area contributed by atoms with E-state index in [4.69, 9.17) is 0 Å². The van der Waals surface area contributed by atoms with Gasteiger partial charge in [-0.2, -0.15) is 5.10 Å². The third-order valence-corrected chi connectivity index (χ3v) is 6.63. The van der Waals surface area contributed by atoms with Crippen molar-refractivity contribution >= 4 is 6.03 Å². The highest BCUT2D eigenvalue weighted by Crippen LogP contribution is 2.60. The first-order valence-electron chi connectivity index (χ1n) is 8.64. The van der Waals surface area contributed by atoms with Crippen molar-refractivity contribution in [1.82, 2.24) is 25.0 Å². The third-order valence-electron chi connectivity index (χ3n) is 6.63. The van der Waals surface area contributed by atoms with E-state index in [2.05, 4.69) is 35.9 Å². The van der Waals surface area contributed by atoms with Crippen LogP contribution in [0.15, 0.2) is 16.9 Å². The Bertz CT molecular complexity index is 755. The van der Waals surface area contributed by atoms with Crippen LogP contribution in [0.2, 0.25) is 0 Å². The molecule has 2 bridgehead atoms. The van der Waals surface area contributed by atoms with Crippen molar-refractivity contribution in [2.45, 2.75) is 38.6 Å². The third kappa shape index (κ3) is 2.06. The number of H-pyrrole nitrogens is 1. The van der Waals surface area contributed by atoms with E-state index in [1.165, 1.54) is 16.6 Å². The van der Waals surface area contributed by atoms with Gasteiger partial charge in [0.15, 0.2) is 0 Å². The van der Waals surface area contributed by atoms with Crippen LogP contribution in [-0.2, 0) is 7.05 Å². The van der Waals surface area contributed by atoms with E-state index < -0.39 is 0 Å². The summed E-state index contributed by atoms with van der Waals surface area (Å²) >= 11 is 0. The van der Waals surface area contributed by atoms with Gasteiger partial charge in [0.1, 0.15) is 5.82 Å². The first-order valence-corrected chi connectivity index (χ1v) is 8.64. The molecule has 1 unspecified atom stereocenters. The zero-order chi connectivity index (χ0) is 17.2. The molecule has 2 heterocycles. The van der Waals surface area contributed by atoms with Gasteiger partial charge in [-0.1, -0.05) is 26.0 Å². The Morgan fingerprint density at radius 2 is 2.08 bits per heavy atom. The van der Waals surface area contributed by atoms with Crippen LogP contribution in [0.3, 0.4) is 0 Å². The summed E-state index contributed by atoms with van der Waals surface area (Å²) < 4.78 is 1.51. The van der Waals surface area contributed by atoms with Crippen LogP contribution in [-0.4, -0.2) is 44.8 Å². The molecule has 2 amide bonds. The molecule has 0 radical (unpaired) electrons. The molecule has 3 aliphatic carbocycles. The molecule has 0 aromatic carbocycles. The number of aromatic nitrogens is 3. The summed E-state index contributed by atoms with van der Waals surface area (Å²) in [7, 11) is 1.70. The summed E-state index contributed by atoms with van der Waals surface area (Å²) in [4.78, 5) is 25.7. The van der Waals surface area contributed by atoms with Gasteiger partial charge < -0.3 is 10.2 Å². The molecule has 4 aliphatic rings. The fourth-order valence-electron chi connectivity index (χ4n) is 4.65. The zero-order valence-electron chi connectivity index (χ0n) is 14.5. The van der Waals surface area contributed by atoms with Crippen molar-refractivity contribution in [1.29, 1.82) is 0 Å². The molecule has 7 heteroatoms. The summed E-state index contributed by atoms with van der Waals surface area (Å²) in [5.74, 6) is 2.06. The van der Waals surface area contributed by atoms with Crippen molar-refractivity contribution in [3.63, 3.8) is 0 Å². The molecule has 5 rings (SSSR count). The van der Waals surface area contributed by atoms with Crippen molar-refractivity contribution < 1.29 is 4.79 Å². The topological polar surface area (TPSA) is 83.0 Å². The number of hydrogen-bond donors (Lipinski definition) is 2. The summed E-state index contributed by atoms with van der Waals surface area (Å²) in [6.45, 7) is 10.1. The smallest absolute Gasteiger partial charge is 0.332 e. The highest BCUT2D eigenvalue weighted by atomic mass is 16.2. The van der Waals surface area contributed by atoms with Crippen molar-refractivity contribution in [2.75, 3.05) is 13.1 Å². The van der Waals surface area contributed by atoms with E-state index in [-0.39, 0.29) is 23.7 Å². The van der Waals surface area contributed by atoms with Crippen LogP contribution in [0.4, 0.5) is 4.79 Å². The molecule has 3 saturated carbocycles. The first kappa shape index (κ1) is 15.5. The van der Waals surface area contributed by atoms with E-state index >= 15 is 0 Å². The maximum atomic E-state index is 12.5. The average molecular weight is 331 g/mol. The van der Waals surface area contributed by atoms with Gasteiger partial charge in [0, 0.05) is 20.1 Å². The Hall–Kier alpha value is -2.05. The van der Waals surface area contributed by atoms with Crippen molar-refractivity contribution in [3.05, 3.63) is 28.5 Å². The van der Waals surface area contributed by atoms with Crippen LogP contribution in [0.5, 0.6) is 0 Å². The van der Waals surface area contributed by atoms with E-state index in [1.807, 2.05) is 0 Å². The number of fused-ring (bicyclic) bond motifs is 2. The number of likely N-dealkylation sites (tertiary alicyclic amines) is 1. The van der Waals surface area contributed by atoms with Crippen LogP contribution < -0.4 is 11.0 Å². The van der Waals surface area contributed by atoms with Gasteiger partial charge in [-0.05, 0) is 30.1 Å². The molecular formula is C17H25N5O2. The summed E-state index contributed by atoms with van der Waals surface area (Å²) in [6, 6.07) is 0.0695. The lowest BCUT2D eigenvalue weighted by Crippen LogP contribution is -2.60.